The molecule has 1 atom stereocenters. The lowest BCUT2D eigenvalue weighted by molar-refractivity contribution is 0.412. The molecule has 1 fully saturated rings. The molecule has 90 valence electrons. The van der Waals surface area contributed by atoms with E-state index in [-0.39, 0.29) is 12.4 Å². The lowest BCUT2D eigenvalue weighted by Crippen LogP contribution is -2.26. The Morgan fingerprint density at radius 1 is 0.941 bits per heavy atom. The summed E-state index contributed by atoms with van der Waals surface area (Å²) in [7, 11) is 0. The zero-order chi connectivity index (χ0) is 10.8. The number of hydrogen-bond acceptors (Lipinski definition) is 1. The quantitative estimate of drug-likeness (QED) is 0.801. The van der Waals surface area contributed by atoms with Crippen LogP contribution in [0, 0.1) is 0 Å². The summed E-state index contributed by atoms with van der Waals surface area (Å²) in [6.45, 7) is 1.16. The maximum Gasteiger partial charge on any atom is 0.0320 e. The second-order valence-corrected chi connectivity index (χ2v) is 4.61. The average molecular weight is 248 g/mol. The van der Waals surface area contributed by atoms with E-state index >= 15 is 0 Å². The fourth-order valence-electron chi connectivity index (χ4n) is 2.56. The molecular formula is C15H18ClN. The molecule has 0 aliphatic carbocycles. The van der Waals surface area contributed by atoms with Crippen LogP contribution in [0.5, 0.6) is 0 Å². The van der Waals surface area contributed by atoms with Crippen molar-refractivity contribution in [1.29, 1.82) is 0 Å². The number of fused-ring (bicyclic) bond motifs is 1. The lowest BCUT2D eigenvalue weighted by atomic mass is 9.95. The van der Waals surface area contributed by atoms with Crippen LogP contribution in [-0.2, 0) is 0 Å². The fourth-order valence-corrected chi connectivity index (χ4v) is 2.56. The molecule has 0 radical (unpaired) electrons. The molecule has 1 unspecified atom stereocenters. The Bertz CT molecular complexity index is 489. The van der Waals surface area contributed by atoms with Gasteiger partial charge in [0.1, 0.15) is 0 Å². The van der Waals surface area contributed by atoms with Gasteiger partial charge in [-0.3, -0.25) is 0 Å². The van der Waals surface area contributed by atoms with Gasteiger partial charge in [0.2, 0.25) is 0 Å². The smallest absolute Gasteiger partial charge is 0.0320 e. The summed E-state index contributed by atoms with van der Waals surface area (Å²) in [5, 5.41) is 6.29. The summed E-state index contributed by atoms with van der Waals surface area (Å²) in [5.41, 5.74) is 1.44. The van der Waals surface area contributed by atoms with E-state index in [0.717, 1.165) is 6.54 Å². The van der Waals surface area contributed by atoms with Crippen molar-refractivity contribution in [2.45, 2.75) is 25.3 Å². The van der Waals surface area contributed by atoms with Gasteiger partial charge in [-0.1, -0.05) is 42.8 Å². The molecule has 1 heterocycles. The van der Waals surface area contributed by atoms with E-state index in [1.54, 1.807) is 0 Å². The Labute approximate surface area is 109 Å². The second kappa shape index (κ2) is 5.52. The van der Waals surface area contributed by atoms with Crippen molar-refractivity contribution in [1.82, 2.24) is 5.32 Å². The molecule has 0 amide bonds. The monoisotopic (exact) mass is 247 g/mol. The van der Waals surface area contributed by atoms with Crippen molar-refractivity contribution in [3.05, 3.63) is 48.0 Å². The molecule has 2 aromatic carbocycles. The minimum absolute atomic E-state index is 0. The van der Waals surface area contributed by atoms with Crippen molar-refractivity contribution in [2.24, 2.45) is 0 Å². The van der Waals surface area contributed by atoms with Gasteiger partial charge in [-0.05, 0) is 41.8 Å². The van der Waals surface area contributed by atoms with Crippen LogP contribution in [0.1, 0.15) is 30.9 Å². The van der Waals surface area contributed by atoms with E-state index in [1.165, 1.54) is 35.6 Å². The molecule has 1 N–H and O–H groups in total. The molecule has 0 spiro atoms. The zero-order valence-electron chi connectivity index (χ0n) is 9.86. The van der Waals surface area contributed by atoms with Gasteiger partial charge in [-0.2, -0.15) is 0 Å². The van der Waals surface area contributed by atoms with E-state index < -0.39 is 0 Å². The van der Waals surface area contributed by atoms with Crippen molar-refractivity contribution < 1.29 is 0 Å². The number of hydrogen-bond donors (Lipinski definition) is 1. The van der Waals surface area contributed by atoms with Crippen LogP contribution in [0.3, 0.4) is 0 Å². The zero-order valence-corrected chi connectivity index (χ0v) is 10.7. The van der Waals surface area contributed by atoms with Crippen LogP contribution >= 0.6 is 12.4 Å². The van der Waals surface area contributed by atoms with E-state index in [0.29, 0.717) is 6.04 Å². The Kier molecular flexibility index (Phi) is 4.03. The lowest BCUT2D eigenvalue weighted by Gasteiger charge is -2.24. The van der Waals surface area contributed by atoms with Crippen molar-refractivity contribution in [2.75, 3.05) is 6.54 Å². The van der Waals surface area contributed by atoms with Gasteiger partial charge in [-0.25, -0.2) is 0 Å². The second-order valence-electron chi connectivity index (χ2n) is 4.61. The molecular weight excluding hydrogens is 230 g/mol. The molecule has 0 bridgehead atoms. The topological polar surface area (TPSA) is 12.0 Å². The maximum atomic E-state index is 3.60. The first-order chi connectivity index (χ1) is 7.93. The van der Waals surface area contributed by atoms with Gasteiger partial charge in [-0.15, -0.1) is 12.4 Å². The van der Waals surface area contributed by atoms with Crippen molar-refractivity contribution in [3.8, 4) is 0 Å². The van der Waals surface area contributed by atoms with Gasteiger partial charge >= 0.3 is 0 Å². The van der Waals surface area contributed by atoms with Gasteiger partial charge in [0.05, 0.1) is 0 Å². The highest BCUT2D eigenvalue weighted by atomic mass is 35.5. The normalized spacial score (nSPS) is 19.9. The predicted molar refractivity (Wildman–Crippen MR) is 75.8 cm³/mol. The molecule has 1 aliphatic heterocycles. The molecule has 1 saturated heterocycles. The summed E-state index contributed by atoms with van der Waals surface area (Å²) in [6, 6.07) is 16.0. The van der Waals surface area contributed by atoms with E-state index in [1.807, 2.05) is 0 Å². The minimum atomic E-state index is 0. The van der Waals surface area contributed by atoms with Crippen molar-refractivity contribution in [3.63, 3.8) is 0 Å². The van der Waals surface area contributed by atoms with Gasteiger partial charge in [0, 0.05) is 6.04 Å². The average Bonchev–Trinajstić information content (AvgIpc) is 2.39. The van der Waals surface area contributed by atoms with Crippen LogP contribution < -0.4 is 5.32 Å². The SMILES string of the molecule is Cl.c1ccc2cc(C3CCCCN3)ccc2c1. The predicted octanol–water partition coefficient (Wildman–Crippen LogP) is 4.08. The highest BCUT2D eigenvalue weighted by Gasteiger charge is 2.14. The van der Waals surface area contributed by atoms with E-state index in [9.17, 15) is 0 Å². The number of benzene rings is 2. The molecule has 0 aromatic heterocycles. The van der Waals surface area contributed by atoms with Crippen LogP contribution in [-0.4, -0.2) is 6.54 Å². The first-order valence-electron chi connectivity index (χ1n) is 6.15. The summed E-state index contributed by atoms with van der Waals surface area (Å²) < 4.78 is 0. The minimum Gasteiger partial charge on any atom is -0.310 e. The first kappa shape index (κ1) is 12.4. The van der Waals surface area contributed by atoms with Crippen molar-refractivity contribution >= 4 is 23.2 Å². The molecule has 2 heteroatoms. The van der Waals surface area contributed by atoms with Gasteiger partial charge in [0.15, 0.2) is 0 Å². The molecule has 2 aromatic rings. The number of piperidine rings is 1. The Hall–Kier alpha value is -1.05. The Morgan fingerprint density at radius 3 is 2.53 bits per heavy atom. The third-order valence-corrected chi connectivity index (χ3v) is 3.49. The third-order valence-electron chi connectivity index (χ3n) is 3.49. The summed E-state index contributed by atoms with van der Waals surface area (Å²) in [4.78, 5) is 0. The van der Waals surface area contributed by atoms with Crippen LogP contribution in [0.25, 0.3) is 10.8 Å². The van der Waals surface area contributed by atoms with Crippen LogP contribution in [0.2, 0.25) is 0 Å². The number of nitrogens with one attached hydrogen (secondary N) is 1. The standard InChI is InChI=1S/C15H17N.ClH/c1-2-6-13-11-14(9-8-12(13)5-1)15-7-3-4-10-16-15;/h1-2,5-6,8-9,11,15-16H,3-4,7,10H2;1H. The number of rotatable bonds is 1. The first-order valence-corrected chi connectivity index (χ1v) is 6.15. The molecule has 0 saturated carbocycles. The third kappa shape index (κ3) is 2.62. The molecule has 1 nitrogen and oxygen atoms in total. The van der Waals surface area contributed by atoms with Crippen LogP contribution in [0.15, 0.2) is 42.5 Å². The molecule has 3 rings (SSSR count). The van der Waals surface area contributed by atoms with Gasteiger partial charge in [0.25, 0.3) is 0 Å². The number of halogens is 1. The Morgan fingerprint density at radius 2 is 1.76 bits per heavy atom. The highest BCUT2D eigenvalue weighted by molar-refractivity contribution is 5.85. The maximum absolute atomic E-state index is 3.60. The highest BCUT2D eigenvalue weighted by Crippen LogP contribution is 2.25. The summed E-state index contributed by atoms with van der Waals surface area (Å²) in [5.74, 6) is 0. The summed E-state index contributed by atoms with van der Waals surface area (Å²) >= 11 is 0. The molecule has 17 heavy (non-hydrogen) atoms. The molecule has 1 aliphatic rings. The van der Waals surface area contributed by atoms with Crippen LogP contribution in [0.4, 0.5) is 0 Å². The van der Waals surface area contributed by atoms with Gasteiger partial charge < -0.3 is 5.32 Å². The van der Waals surface area contributed by atoms with E-state index in [4.69, 9.17) is 0 Å². The Balaban J connectivity index is 0.00000108. The largest absolute Gasteiger partial charge is 0.310 e. The fraction of sp³-hybridized carbons (Fsp3) is 0.333. The summed E-state index contributed by atoms with van der Waals surface area (Å²) in [6.07, 6.45) is 3.95. The van der Waals surface area contributed by atoms with E-state index in [2.05, 4.69) is 47.8 Å².